The van der Waals surface area contributed by atoms with Crippen LogP contribution in [0.1, 0.15) is 0 Å². The summed E-state index contributed by atoms with van der Waals surface area (Å²) in [7, 11) is 0. The summed E-state index contributed by atoms with van der Waals surface area (Å²) in [6.07, 6.45) is 0. The normalized spacial score (nSPS) is 11.5. The third-order valence-electron chi connectivity index (χ3n) is 7.82. The quantitative estimate of drug-likeness (QED) is 0.220. The van der Waals surface area contributed by atoms with Gasteiger partial charge in [0.2, 0.25) is 0 Å². The molecular formula is C38H25NS. The van der Waals surface area contributed by atoms with Gasteiger partial charge in [-0.15, -0.1) is 11.3 Å². The van der Waals surface area contributed by atoms with Gasteiger partial charge in [-0.2, -0.15) is 0 Å². The number of rotatable bonds is 4. The van der Waals surface area contributed by atoms with Crippen LogP contribution in [0.25, 0.3) is 52.8 Å². The van der Waals surface area contributed by atoms with E-state index in [-0.39, 0.29) is 0 Å². The maximum atomic E-state index is 2.45. The van der Waals surface area contributed by atoms with Crippen LogP contribution in [0.4, 0.5) is 17.1 Å². The molecule has 7 aromatic carbocycles. The summed E-state index contributed by atoms with van der Waals surface area (Å²) in [5, 5.41) is 7.60. The Morgan fingerprint density at radius 2 is 1.05 bits per heavy atom. The second-order valence-electron chi connectivity index (χ2n) is 10.2. The fourth-order valence-corrected chi connectivity index (χ4v) is 7.12. The largest absolute Gasteiger partial charge is 0.308 e. The highest BCUT2D eigenvalue weighted by Crippen LogP contribution is 2.46. The molecule has 0 bridgehead atoms. The van der Waals surface area contributed by atoms with E-state index in [2.05, 4.69) is 157 Å². The fourth-order valence-electron chi connectivity index (χ4n) is 5.91. The highest BCUT2D eigenvalue weighted by molar-refractivity contribution is 7.26. The number of thiophene rings is 1. The highest BCUT2D eigenvalue weighted by atomic mass is 32.1. The Morgan fingerprint density at radius 1 is 0.400 bits per heavy atom. The molecule has 0 unspecified atom stereocenters. The molecule has 1 heterocycles. The van der Waals surface area contributed by atoms with Crippen molar-refractivity contribution in [3.8, 4) is 11.1 Å². The number of hydrogen-bond acceptors (Lipinski definition) is 2. The molecule has 8 rings (SSSR count). The van der Waals surface area contributed by atoms with E-state index in [9.17, 15) is 0 Å². The molecule has 0 radical (unpaired) electrons. The first kappa shape index (κ1) is 23.0. The molecule has 0 fully saturated rings. The molecule has 2 heteroatoms. The first-order valence-corrected chi connectivity index (χ1v) is 14.4. The lowest BCUT2D eigenvalue weighted by Gasteiger charge is -2.28. The minimum absolute atomic E-state index is 1.15. The number of fused-ring (bicyclic) bond motifs is 5. The summed E-state index contributed by atoms with van der Waals surface area (Å²) in [6.45, 7) is 0. The zero-order chi connectivity index (χ0) is 26.5. The molecule has 8 aromatic rings. The van der Waals surface area contributed by atoms with Crippen molar-refractivity contribution in [3.05, 3.63) is 152 Å². The summed E-state index contributed by atoms with van der Waals surface area (Å²) in [4.78, 5) is 2.45. The summed E-state index contributed by atoms with van der Waals surface area (Å²) < 4.78 is 2.61. The van der Waals surface area contributed by atoms with Crippen LogP contribution in [0, 0.1) is 0 Å². The lowest BCUT2D eigenvalue weighted by Crippen LogP contribution is -2.10. The molecule has 40 heavy (non-hydrogen) atoms. The number of nitrogens with zero attached hydrogens (tertiary/aromatic N) is 1. The van der Waals surface area contributed by atoms with Crippen molar-refractivity contribution in [2.24, 2.45) is 0 Å². The molecule has 0 aliphatic heterocycles. The van der Waals surface area contributed by atoms with Gasteiger partial charge in [-0.05, 0) is 63.7 Å². The van der Waals surface area contributed by atoms with Crippen LogP contribution in [-0.2, 0) is 0 Å². The van der Waals surface area contributed by atoms with Crippen molar-refractivity contribution < 1.29 is 0 Å². The third-order valence-corrected chi connectivity index (χ3v) is 9.03. The van der Waals surface area contributed by atoms with Gasteiger partial charge in [0.05, 0.1) is 16.1 Å². The fraction of sp³-hybridized carbons (Fsp3) is 0. The summed E-state index contributed by atoms with van der Waals surface area (Å²) >= 11 is 1.87. The summed E-state index contributed by atoms with van der Waals surface area (Å²) in [6, 6.07) is 55.0. The Bertz CT molecular complexity index is 2180. The van der Waals surface area contributed by atoms with Crippen molar-refractivity contribution in [2.75, 3.05) is 4.90 Å². The average Bonchev–Trinajstić information content (AvgIpc) is 3.41. The molecule has 0 atom stereocenters. The van der Waals surface area contributed by atoms with Crippen molar-refractivity contribution in [1.29, 1.82) is 0 Å². The van der Waals surface area contributed by atoms with E-state index in [0.29, 0.717) is 0 Å². The van der Waals surface area contributed by atoms with Gasteiger partial charge in [-0.25, -0.2) is 0 Å². The first-order chi connectivity index (χ1) is 19.8. The molecule has 1 aromatic heterocycles. The second-order valence-corrected chi connectivity index (χ2v) is 11.3. The Kier molecular flexibility index (Phi) is 5.39. The zero-order valence-corrected chi connectivity index (χ0v) is 22.6. The topological polar surface area (TPSA) is 3.24 Å². The van der Waals surface area contributed by atoms with Gasteiger partial charge >= 0.3 is 0 Å². The van der Waals surface area contributed by atoms with E-state index < -0.39 is 0 Å². The van der Waals surface area contributed by atoms with E-state index in [4.69, 9.17) is 0 Å². The average molecular weight is 528 g/mol. The van der Waals surface area contributed by atoms with Crippen LogP contribution < -0.4 is 4.90 Å². The van der Waals surface area contributed by atoms with E-state index >= 15 is 0 Å². The molecular weight excluding hydrogens is 502 g/mol. The number of anilines is 3. The predicted octanol–water partition coefficient (Wildman–Crippen LogP) is 11.5. The lowest BCUT2D eigenvalue weighted by atomic mass is 10.00. The van der Waals surface area contributed by atoms with Crippen LogP contribution in [0.5, 0.6) is 0 Å². The van der Waals surface area contributed by atoms with E-state index in [0.717, 1.165) is 5.69 Å². The molecule has 0 amide bonds. The second kappa shape index (κ2) is 9.37. The van der Waals surface area contributed by atoms with E-state index in [1.807, 2.05) is 11.3 Å². The van der Waals surface area contributed by atoms with Crippen molar-refractivity contribution in [3.63, 3.8) is 0 Å². The van der Waals surface area contributed by atoms with Crippen LogP contribution >= 0.6 is 11.3 Å². The SMILES string of the molecule is c1cc(-c2ccc3ccccc3c2)cc(N(c2cccc3ccccc23)c2cccc3c2sc2ccccc23)c1. The molecule has 0 aliphatic carbocycles. The Morgan fingerprint density at radius 3 is 1.98 bits per heavy atom. The standard InChI is InChI=1S/C38H25NS/c1-2-12-28-24-30(23-22-26(28)10-1)29-14-7-15-31(25-29)39(35-19-8-13-27-11-3-4-16-32(27)35)36-20-9-18-34-33-17-5-6-21-37(33)40-38(34)36/h1-25H. The van der Waals surface area contributed by atoms with Gasteiger partial charge in [0, 0.05) is 26.5 Å². The van der Waals surface area contributed by atoms with E-state index in [1.165, 1.54) is 64.2 Å². The molecule has 0 saturated carbocycles. The molecule has 188 valence electrons. The Balaban J connectivity index is 1.39. The molecule has 0 spiro atoms. The van der Waals surface area contributed by atoms with Crippen molar-refractivity contribution in [1.82, 2.24) is 0 Å². The maximum Gasteiger partial charge on any atom is 0.0640 e. The first-order valence-electron chi connectivity index (χ1n) is 13.6. The highest BCUT2D eigenvalue weighted by Gasteiger charge is 2.20. The van der Waals surface area contributed by atoms with Gasteiger partial charge in [0.25, 0.3) is 0 Å². The van der Waals surface area contributed by atoms with Crippen LogP contribution in [0.15, 0.2) is 152 Å². The van der Waals surface area contributed by atoms with Gasteiger partial charge in [0.1, 0.15) is 0 Å². The summed E-state index contributed by atoms with van der Waals surface area (Å²) in [5.74, 6) is 0. The molecule has 0 saturated heterocycles. The lowest BCUT2D eigenvalue weighted by molar-refractivity contribution is 1.32. The number of hydrogen-bond donors (Lipinski definition) is 0. The minimum Gasteiger partial charge on any atom is -0.308 e. The Labute approximate surface area is 237 Å². The maximum absolute atomic E-state index is 2.45. The minimum atomic E-state index is 1.15. The smallest absolute Gasteiger partial charge is 0.0640 e. The van der Waals surface area contributed by atoms with Gasteiger partial charge < -0.3 is 4.90 Å². The molecule has 0 N–H and O–H groups in total. The van der Waals surface area contributed by atoms with Crippen LogP contribution in [-0.4, -0.2) is 0 Å². The predicted molar refractivity (Wildman–Crippen MR) is 174 cm³/mol. The van der Waals surface area contributed by atoms with E-state index in [1.54, 1.807) is 0 Å². The number of benzene rings is 7. The zero-order valence-electron chi connectivity index (χ0n) is 21.8. The molecule has 0 aliphatic rings. The van der Waals surface area contributed by atoms with Gasteiger partial charge in [-0.3, -0.25) is 0 Å². The van der Waals surface area contributed by atoms with Crippen molar-refractivity contribution in [2.45, 2.75) is 0 Å². The van der Waals surface area contributed by atoms with Crippen LogP contribution in [0.3, 0.4) is 0 Å². The Hall–Kier alpha value is -4.92. The monoisotopic (exact) mass is 527 g/mol. The van der Waals surface area contributed by atoms with Gasteiger partial charge in [0.15, 0.2) is 0 Å². The van der Waals surface area contributed by atoms with Gasteiger partial charge in [-0.1, -0.05) is 115 Å². The third kappa shape index (κ3) is 3.77. The molecule has 1 nitrogen and oxygen atoms in total. The van der Waals surface area contributed by atoms with Crippen molar-refractivity contribution >= 4 is 70.1 Å². The van der Waals surface area contributed by atoms with Crippen LogP contribution in [0.2, 0.25) is 0 Å². The summed E-state index contributed by atoms with van der Waals surface area (Å²) in [5.41, 5.74) is 5.95.